The molecule has 0 spiro atoms. The van der Waals surface area contributed by atoms with Crippen molar-refractivity contribution >= 4 is 5.91 Å². The molecule has 2 atom stereocenters. The highest BCUT2D eigenvalue weighted by Gasteiger charge is 2.33. The molecule has 4 nitrogen and oxygen atoms in total. The Labute approximate surface area is 134 Å². The number of amides is 1. The van der Waals surface area contributed by atoms with Gasteiger partial charge in [0.15, 0.2) is 11.5 Å². The van der Waals surface area contributed by atoms with Crippen molar-refractivity contribution in [1.29, 1.82) is 0 Å². The number of nitrogens with one attached hydrogen (secondary N) is 1. The van der Waals surface area contributed by atoms with E-state index in [9.17, 15) is 9.18 Å². The molecule has 2 aromatic rings. The summed E-state index contributed by atoms with van der Waals surface area (Å²) >= 11 is 0. The Morgan fingerprint density at radius 1 is 1.13 bits per heavy atom. The zero-order chi connectivity index (χ0) is 16.2. The van der Waals surface area contributed by atoms with Gasteiger partial charge in [0.2, 0.25) is 6.10 Å². The van der Waals surface area contributed by atoms with Crippen molar-refractivity contribution < 1.29 is 18.7 Å². The van der Waals surface area contributed by atoms with E-state index in [1.807, 2.05) is 24.3 Å². The molecule has 0 saturated heterocycles. The van der Waals surface area contributed by atoms with Crippen LogP contribution >= 0.6 is 0 Å². The summed E-state index contributed by atoms with van der Waals surface area (Å²) in [7, 11) is 0. The van der Waals surface area contributed by atoms with Gasteiger partial charge in [-0.1, -0.05) is 24.3 Å². The number of hydrogen-bond donors (Lipinski definition) is 1. The van der Waals surface area contributed by atoms with E-state index in [0.717, 1.165) is 5.56 Å². The lowest BCUT2D eigenvalue weighted by Crippen LogP contribution is -2.49. The van der Waals surface area contributed by atoms with Crippen LogP contribution in [0.2, 0.25) is 0 Å². The largest absolute Gasteiger partial charge is 0.482 e. The van der Waals surface area contributed by atoms with Crippen LogP contribution < -0.4 is 14.8 Å². The average Bonchev–Trinajstić information content (AvgIpc) is 2.54. The molecule has 1 aliphatic heterocycles. The van der Waals surface area contributed by atoms with Crippen LogP contribution in [-0.2, 0) is 11.2 Å². The lowest BCUT2D eigenvalue weighted by Gasteiger charge is -2.31. The Hall–Kier alpha value is -2.56. The summed E-state index contributed by atoms with van der Waals surface area (Å²) in [6, 6.07) is 13.6. The van der Waals surface area contributed by atoms with Crippen molar-refractivity contribution in [1.82, 2.24) is 5.32 Å². The van der Waals surface area contributed by atoms with Crippen LogP contribution in [-0.4, -0.2) is 24.7 Å². The summed E-state index contributed by atoms with van der Waals surface area (Å²) in [5.41, 5.74) is 0.838. The Balaban J connectivity index is 1.56. The molecule has 3 rings (SSSR count). The maximum atomic E-state index is 13.1. The van der Waals surface area contributed by atoms with Crippen LogP contribution in [0.1, 0.15) is 12.5 Å². The Morgan fingerprint density at radius 3 is 2.61 bits per heavy atom. The molecule has 2 unspecified atom stereocenters. The highest BCUT2D eigenvalue weighted by Crippen LogP contribution is 2.33. The van der Waals surface area contributed by atoms with Gasteiger partial charge in [0.25, 0.3) is 5.91 Å². The normalized spacial score (nSPS) is 19.2. The van der Waals surface area contributed by atoms with Gasteiger partial charge in [-0.05, 0) is 43.2 Å². The first-order valence-corrected chi connectivity index (χ1v) is 7.58. The molecule has 0 bridgehead atoms. The second kappa shape index (κ2) is 6.69. The van der Waals surface area contributed by atoms with Crippen LogP contribution in [0.5, 0.6) is 11.5 Å². The number of hydrogen-bond acceptors (Lipinski definition) is 3. The van der Waals surface area contributed by atoms with Gasteiger partial charge in [-0.15, -0.1) is 0 Å². The zero-order valence-corrected chi connectivity index (χ0v) is 12.8. The van der Waals surface area contributed by atoms with E-state index in [2.05, 4.69) is 5.32 Å². The maximum absolute atomic E-state index is 13.1. The predicted molar refractivity (Wildman–Crippen MR) is 84.1 cm³/mol. The summed E-state index contributed by atoms with van der Waals surface area (Å²) < 4.78 is 24.6. The van der Waals surface area contributed by atoms with Gasteiger partial charge in [-0.2, -0.15) is 0 Å². The second-order valence-corrected chi connectivity index (χ2v) is 5.48. The smallest absolute Gasteiger partial charge is 0.265 e. The molecule has 5 heteroatoms. The van der Waals surface area contributed by atoms with E-state index < -0.39 is 6.10 Å². The number of rotatable bonds is 4. The van der Waals surface area contributed by atoms with Gasteiger partial charge in [-0.25, -0.2) is 4.39 Å². The minimum Gasteiger partial charge on any atom is -0.482 e. The minimum atomic E-state index is -0.697. The zero-order valence-electron chi connectivity index (χ0n) is 12.8. The molecule has 0 saturated carbocycles. The van der Waals surface area contributed by atoms with Crippen LogP contribution in [0, 0.1) is 5.82 Å². The van der Waals surface area contributed by atoms with Gasteiger partial charge >= 0.3 is 0 Å². The monoisotopic (exact) mass is 315 g/mol. The molecule has 1 heterocycles. The van der Waals surface area contributed by atoms with E-state index in [1.54, 1.807) is 19.1 Å². The summed E-state index contributed by atoms with van der Waals surface area (Å²) in [4.78, 5) is 12.3. The third kappa shape index (κ3) is 3.62. The van der Waals surface area contributed by atoms with E-state index in [1.165, 1.54) is 12.1 Å². The summed E-state index contributed by atoms with van der Waals surface area (Å²) in [5, 5.41) is 2.82. The molecular weight excluding hydrogens is 297 g/mol. The van der Waals surface area contributed by atoms with Crippen molar-refractivity contribution in [2.45, 2.75) is 25.6 Å². The Morgan fingerprint density at radius 2 is 1.87 bits per heavy atom. The third-order valence-electron chi connectivity index (χ3n) is 3.70. The van der Waals surface area contributed by atoms with Crippen LogP contribution in [0.25, 0.3) is 0 Å². The molecule has 120 valence electrons. The van der Waals surface area contributed by atoms with Crippen LogP contribution in [0.3, 0.4) is 0 Å². The molecule has 0 radical (unpaired) electrons. The molecule has 1 aliphatic rings. The fourth-order valence-electron chi connectivity index (χ4n) is 2.53. The predicted octanol–water partition coefficient (Wildman–Crippen LogP) is 2.71. The lowest BCUT2D eigenvalue weighted by molar-refractivity contribution is -0.133. The van der Waals surface area contributed by atoms with E-state index >= 15 is 0 Å². The quantitative estimate of drug-likeness (QED) is 0.944. The first kappa shape index (κ1) is 15.3. The fourth-order valence-corrected chi connectivity index (χ4v) is 2.53. The molecular formula is C18H18FNO3. The topological polar surface area (TPSA) is 47.6 Å². The first-order chi connectivity index (χ1) is 11.1. The molecule has 1 amide bonds. The standard InChI is InChI=1S/C18H18FNO3/c1-12-17(23-16-8-3-2-7-15(16)22-12)18(21)20-10-9-13-5-4-6-14(19)11-13/h2-8,11-12,17H,9-10H2,1H3,(H,20,21). The molecule has 2 aromatic carbocycles. The highest BCUT2D eigenvalue weighted by molar-refractivity contribution is 5.82. The van der Waals surface area contributed by atoms with Crippen molar-refractivity contribution in [3.8, 4) is 11.5 Å². The maximum Gasteiger partial charge on any atom is 0.265 e. The van der Waals surface area contributed by atoms with Crippen molar-refractivity contribution in [3.63, 3.8) is 0 Å². The van der Waals surface area contributed by atoms with Crippen LogP contribution in [0.15, 0.2) is 48.5 Å². The second-order valence-electron chi connectivity index (χ2n) is 5.48. The SMILES string of the molecule is CC1Oc2ccccc2OC1C(=O)NCCc1cccc(F)c1. The van der Waals surface area contributed by atoms with Crippen molar-refractivity contribution in [2.24, 2.45) is 0 Å². The third-order valence-corrected chi connectivity index (χ3v) is 3.70. The van der Waals surface area contributed by atoms with Gasteiger partial charge < -0.3 is 14.8 Å². The molecule has 0 aromatic heterocycles. The first-order valence-electron chi connectivity index (χ1n) is 7.58. The lowest BCUT2D eigenvalue weighted by atomic mass is 10.1. The number of carbonyl (C=O) groups is 1. The number of fused-ring (bicyclic) bond motifs is 1. The molecule has 0 aliphatic carbocycles. The average molecular weight is 315 g/mol. The molecule has 23 heavy (non-hydrogen) atoms. The van der Waals surface area contributed by atoms with Gasteiger partial charge in [0.1, 0.15) is 11.9 Å². The van der Waals surface area contributed by atoms with E-state index in [-0.39, 0.29) is 17.8 Å². The van der Waals surface area contributed by atoms with Gasteiger partial charge in [-0.3, -0.25) is 4.79 Å². The minimum absolute atomic E-state index is 0.233. The van der Waals surface area contributed by atoms with E-state index in [4.69, 9.17) is 9.47 Å². The summed E-state index contributed by atoms with van der Waals surface area (Å²) in [6.45, 7) is 2.21. The Bertz CT molecular complexity index is 704. The van der Waals surface area contributed by atoms with Gasteiger partial charge in [0, 0.05) is 6.54 Å². The van der Waals surface area contributed by atoms with E-state index in [0.29, 0.717) is 24.5 Å². The number of para-hydroxylation sites is 2. The van der Waals surface area contributed by atoms with Crippen LogP contribution in [0.4, 0.5) is 4.39 Å². The summed E-state index contributed by atoms with van der Waals surface area (Å²) in [6.07, 6.45) is -0.515. The fraction of sp³-hybridized carbons (Fsp3) is 0.278. The molecule has 1 N–H and O–H groups in total. The van der Waals surface area contributed by atoms with Crippen molar-refractivity contribution in [3.05, 3.63) is 59.9 Å². The summed E-state index contributed by atoms with van der Waals surface area (Å²) in [5.74, 6) is 0.700. The highest BCUT2D eigenvalue weighted by atomic mass is 19.1. The number of halogens is 1. The van der Waals surface area contributed by atoms with Crippen molar-refractivity contribution in [2.75, 3.05) is 6.54 Å². The number of carbonyl (C=O) groups excluding carboxylic acids is 1. The molecule has 0 fully saturated rings. The Kier molecular flexibility index (Phi) is 4.46. The van der Waals surface area contributed by atoms with Gasteiger partial charge in [0.05, 0.1) is 0 Å². The number of ether oxygens (including phenoxy) is 2. The number of benzene rings is 2.